The molecule has 0 unspecified atom stereocenters. The summed E-state index contributed by atoms with van der Waals surface area (Å²) in [7, 11) is 0. The van der Waals surface area contributed by atoms with Gasteiger partial charge in [0, 0.05) is 12.2 Å². The van der Waals surface area contributed by atoms with Crippen molar-refractivity contribution in [3.05, 3.63) is 56.8 Å². The molecule has 0 fully saturated rings. The van der Waals surface area contributed by atoms with Gasteiger partial charge in [0.2, 0.25) is 0 Å². The SMILES string of the molecule is C=CC(=O)On1c(=O)n(OCC)c(=O)n(OC(=O)C=C)c1=O. The molecule has 11 nitrogen and oxygen atoms in total. The van der Waals surface area contributed by atoms with Crippen molar-refractivity contribution in [1.29, 1.82) is 0 Å². The monoisotopic (exact) mass is 313 g/mol. The molecule has 0 N–H and O–H groups in total. The molecule has 1 rings (SSSR count). The highest BCUT2D eigenvalue weighted by Gasteiger charge is 2.21. The van der Waals surface area contributed by atoms with Crippen molar-refractivity contribution in [2.45, 2.75) is 6.92 Å². The number of hydrogen-bond acceptors (Lipinski definition) is 8. The molecule has 0 amide bonds. The van der Waals surface area contributed by atoms with Gasteiger partial charge in [-0.2, -0.15) is 0 Å². The van der Waals surface area contributed by atoms with Crippen molar-refractivity contribution < 1.29 is 24.1 Å². The molecular weight excluding hydrogens is 302 g/mol. The van der Waals surface area contributed by atoms with Crippen LogP contribution in [0.3, 0.4) is 0 Å². The zero-order valence-corrected chi connectivity index (χ0v) is 11.4. The molecule has 0 bridgehead atoms. The lowest BCUT2D eigenvalue weighted by atomic mass is 10.7. The molecule has 11 heteroatoms. The molecule has 0 aliphatic carbocycles. The largest absolute Gasteiger partial charge is 0.405 e. The van der Waals surface area contributed by atoms with Crippen LogP contribution in [0.1, 0.15) is 6.92 Å². The second-order valence-electron chi connectivity index (χ2n) is 3.38. The Labute approximate surface area is 121 Å². The smallest absolute Gasteiger partial charge is 0.405 e. The molecule has 0 atom stereocenters. The predicted molar refractivity (Wildman–Crippen MR) is 69.9 cm³/mol. The molecule has 0 spiro atoms. The summed E-state index contributed by atoms with van der Waals surface area (Å²) in [5.41, 5.74) is -4.34. The molecule has 0 aromatic carbocycles. The lowest BCUT2D eigenvalue weighted by molar-refractivity contribution is -0.144. The van der Waals surface area contributed by atoms with E-state index in [0.29, 0.717) is 12.2 Å². The first-order valence-electron chi connectivity index (χ1n) is 5.71. The van der Waals surface area contributed by atoms with E-state index in [-0.39, 0.29) is 20.8 Å². The van der Waals surface area contributed by atoms with Crippen LogP contribution in [0.15, 0.2) is 39.7 Å². The van der Waals surface area contributed by atoms with Crippen LogP contribution >= 0.6 is 0 Å². The highest BCUT2D eigenvalue weighted by atomic mass is 16.7. The summed E-state index contributed by atoms with van der Waals surface area (Å²) in [6.45, 7) is 7.46. The standard InChI is InChI=1S/C11H11N3O8/c1-4-7(15)21-13-9(17)12(20-6-3)10(18)14(11(13)19)22-8(16)5-2/h4-5H,1-2,6H2,3H3. The van der Waals surface area contributed by atoms with Crippen molar-refractivity contribution in [1.82, 2.24) is 14.2 Å². The van der Waals surface area contributed by atoms with E-state index in [1.165, 1.54) is 6.92 Å². The van der Waals surface area contributed by atoms with Crippen LogP contribution in [0, 0.1) is 0 Å². The maximum absolute atomic E-state index is 11.9. The zero-order valence-electron chi connectivity index (χ0n) is 11.4. The lowest BCUT2D eigenvalue weighted by Gasteiger charge is -2.11. The number of rotatable bonds is 6. The molecule has 0 aliphatic rings. The van der Waals surface area contributed by atoms with Crippen molar-refractivity contribution in [3.63, 3.8) is 0 Å². The van der Waals surface area contributed by atoms with Gasteiger partial charge in [0.05, 0.1) is 0 Å². The van der Waals surface area contributed by atoms with Crippen LogP contribution < -0.4 is 31.6 Å². The predicted octanol–water partition coefficient (Wildman–Crippen LogP) is -3.10. The van der Waals surface area contributed by atoms with E-state index in [2.05, 4.69) is 22.8 Å². The van der Waals surface area contributed by atoms with E-state index < -0.39 is 29.0 Å². The quantitative estimate of drug-likeness (QED) is 0.505. The van der Waals surface area contributed by atoms with Gasteiger partial charge in [-0.3, -0.25) is 0 Å². The van der Waals surface area contributed by atoms with Crippen LogP contribution in [0.5, 0.6) is 0 Å². The molecule has 0 saturated heterocycles. The number of nitrogens with zero attached hydrogens (tertiary/aromatic N) is 3. The normalized spacial score (nSPS) is 9.68. The molecule has 0 saturated carbocycles. The van der Waals surface area contributed by atoms with Crippen LogP contribution in [-0.4, -0.2) is 32.7 Å². The van der Waals surface area contributed by atoms with E-state index >= 15 is 0 Å². The van der Waals surface area contributed by atoms with Crippen molar-refractivity contribution in [2.24, 2.45) is 0 Å². The first-order chi connectivity index (χ1) is 10.4. The minimum atomic E-state index is -1.53. The highest BCUT2D eigenvalue weighted by molar-refractivity contribution is 5.81. The fourth-order valence-corrected chi connectivity index (χ4v) is 1.14. The summed E-state index contributed by atoms with van der Waals surface area (Å²) in [6.07, 6.45) is 1.34. The molecule has 1 heterocycles. The first-order valence-corrected chi connectivity index (χ1v) is 5.71. The Bertz CT molecular complexity index is 737. The average molecular weight is 313 g/mol. The topological polar surface area (TPSA) is 128 Å². The Morgan fingerprint density at radius 3 is 1.59 bits per heavy atom. The van der Waals surface area contributed by atoms with Crippen molar-refractivity contribution in [3.8, 4) is 0 Å². The molecule has 1 aromatic rings. The number of hydrogen-bond donors (Lipinski definition) is 0. The molecule has 22 heavy (non-hydrogen) atoms. The van der Waals surface area contributed by atoms with Gasteiger partial charge in [-0.1, -0.05) is 27.3 Å². The van der Waals surface area contributed by atoms with Crippen LogP contribution in [0.2, 0.25) is 0 Å². The van der Waals surface area contributed by atoms with Gasteiger partial charge in [-0.15, -0.1) is 0 Å². The third-order valence-electron chi connectivity index (χ3n) is 2.00. The minimum Gasteiger partial charge on any atom is -0.405 e. The number of carbonyl (C=O) groups is 2. The van der Waals surface area contributed by atoms with E-state index in [9.17, 15) is 24.0 Å². The third-order valence-corrected chi connectivity index (χ3v) is 2.00. The number of aromatic nitrogens is 3. The van der Waals surface area contributed by atoms with E-state index in [1.807, 2.05) is 0 Å². The summed E-state index contributed by atoms with van der Waals surface area (Å²) < 4.78 is -0.178. The fraction of sp³-hybridized carbons (Fsp3) is 0.182. The summed E-state index contributed by atoms with van der Waals surface area (Å²) in [5.74, 6) is -2.33. The average Bonchev–Trinajstić information content (AvgIpc) is 2.51. The molecule has 1 aromatic heterocycles. The van der Waals surface area contributed by atoms with Crippen LogP contribution in [0.4, 0.5) is 0 Å². The molecule has 0 radical (unpaired) electrons. The second-order valence-corrected chi connectivity index (χ2v) is 3.38. The van der Waals surface area contributed by atoms with Crippen LogP contribution in [0.25, 0.3) is 0 Å². The second kappa shape index (κ2) is 6.88. The zero-order chi connectivity index (χ0) is 16.9. The van der Waals surface area contributed by atoms with Gasteiger partial charge in [-0.05, 0) is 6.92 Å². The Kier molecular flexibility index (Phi) is 5.21. The third kappa shape index (κ3) is 3.20. The van der Waals surface area contributed by atoms with E-state index in [0.717, 1.165) is 0 Å². The van der Waals surface area contributed by atoms with Gasteiger partial charge in [-0.25, -0.2) is 24.0 Å². The number of carbonyl (C=O) groups excluding carboxylic acids is 2. The van der Waals surface area contributed by atoms with Gasteiger partial charge >= 0.3 is 29.0 Å². The molecule has 0 aliphatic heterocycles. The Balaban J connectivity index is 3.66. The van der Waals surface area contributed by atoms with Gasteiger partial charge in [0.15, 0.2) is 0 Å². The highest BCUT2D eigenvalue weighted by Crippen LogP contribution is 1.75. The minimum absolute atomic E-state index is 0.0775. The molecular formula is C11H11N3O8. The van der Waals surface area contributed by atoms with Gasteiger partial charge < -0.3 is 14.5 Å². The fourth-order valence-electron chi connectivity index (χ4n) is 1.14. The van der Waals surface area contributed by atoms with Gasteiger partial charge in [0.1, 0.15) is 6.61 Å². The lowest BCUT2D eigenvalue weighted by Crippen LogP contribution is -2.60. The Morgan fingerprint density at radius 1 is 0.909 bits per heavy atom. The van der Waals surface area contributed by atoms with Crippen molar-refractivity contribution in [2.75, 3.05) is 6.61 Å². The summed E-state index contributed by atoms with van der Waals surface area (Å²) >= 11 is 0. The Hall–Kier alpha value is -3.37. The van der Waals surface area contributed by atoms with Crippen LogP contribution in [-0.2, 0) is 9.59 Å². The maximum Gasteiger partial charge on any atom is 0.405 e. The van der Waals surface area contributed by atoms with E-state index in [4.69, 9.17) is 4.84 Å². The summed E-state index contributed by atoms with van der Waals surface area (Å²) in [4.78, 5) is 71.4. The maximum atomic E-state index is 11.9. The summed E-state index contributed by atoms with van der Waals surface area (Å²) in [6, 6.07) is 0. The summed E-state index contributed by atoms with van der Waals surface area (Å²) in [5, 5.41) is 0. The van der Waals surface area contributed by atoms with Gasteiger partial charge in [0.25, 0.3) is 0 Å². The first kappa shape index (κ1) is 16.7. The van der Waals surface area contributed by atoms with Crippen molar-refractivity contribution >= 4 is 11.9 Å². The van der Waals surface area contributed by atoms with E-state index in [1.54, 1.807) is 0 Å². The molecule has 118 valence electrons. The Morgan fingerprint density at radius 2 is 1.27 bits per heavy atom.